The standard InChI is InChI=1S/C17H25N3O/c1-13-5-3-6-14(9-8-13)19-16(15-7-4-12-21-15)17-18-10-11-20(17)2/h4,7,10-14,16,19H,3,5-6,8-9H2,1-2H3. The third kappa shape index (κ3) is 3.38. The Hall–Kier alpha value is -1.55. The molecule has 4 heteroatoms. The smallest absolute Gasteiger partial charge is 0.133 e. The van der Waals surface area contributed by atoms with Gasteiger partial charge in [0.1, 0.15) is 17.6 Å². The molecule has 0 radical (unpaired) electrons. The highest BCUT2D eigenvalue weighted by Gasteiger charge is 2.25. The van der Waals surface area contributed by atoms with Crippen LogP contribution in [0.3, 0.4) is 0 Å². The van der Waals surface area contributed by atoms with E-state index in [1.54, 1.807) is 6.26 Å². The van der Waals surface area contributed by atoms with Crippen LogP contribution in [0.4, 0.5) is 0 Å². The Morgan fingerprint density at radius 1 is 1.33 bits per heavy atom. The van der Waals surface area contributed by atoms with Crippen molar-refractivity contribution in [2.45, 2.75) is 51.1 Å². The molecule has 2 heterocycles. The van der Waals surface area contributed by atoms with Gasteiger partial charge < -0.3 is 8.98 Å². The van der Waals surface area contributed by atoms with E-state index < -0.39 is 0 Å². The molecule has 114 valence electrons. The van der Waals surface area contributed by atoms with Crippen LogP contribution in [0.5, 0.6) is 0 Å². The first-order valence-corrected chi connectivity index (χ1v) is 8.00. The lowest BCUT2D eigenvalue weighted by molar-refractivity contribution is 0.365. The summed E-state index contributed by atoms with van der Waals surface area (Å²) in [6.07, 6.45) is 12.0. The second-order valence-corrected chi connectivity index (χ2v) is 6.32. The van der Waals surface area contributed by atoms with Gasteiger partial charge in [0, 0.05) is 25.5 Å². The molecular formula is C17H25N3O. The van der Waals surface area contributed by atoms with Crippen molar-refractivity contribution in [2.24, 2.45) is 13.0 Å². The molecule has 1 aliphatic rings. The van der Waals surface area contributed by atoms with Gasteiger partial charge in [0.2, 0.25) is 0 Å². The van der Waals surface area contributed by atoms with Crippen LogP contribution in [-0.2, 0) is 7.05 Å². The molecule has 0 aliphatic heterocycles. The Morgan fingerprint density at radius 2 is 2.24 bits per heavy atom. The summed E-state index contributed by atoms with van der Waals surface area (Å²) in [7, 11) is 2.04. The van der Waals surface area contributed by atoms with Crippen LogP contribution in [0.2, 0.25) is 0 Å². The van der Waals surface area contributed by atoms with Gasteiger partial charge >= 0.3 is 0 Å². The van der Waals surface area contributed by atoms with Crippen LogP contribution in [-0.4, -0.2) is 15.6 Å². The summed E-state index contributed by atoms with van der Waals surface area (Å²) in [4.78, 5) is 4.52. The van der Waals surface area contributed by atoms with E-state index in [1.165, 1.54) is 32.1 Å². The fourth-order valence-corrected chi connectivity index (χ4v) is 3.28. The second kappa shape index (κ2) is 6.48. The van der Waals surface area contributed by atoms with E-state index in [0.717, 1.165) is 17.5 Å². The van der Waals surface area contributed by atoms with Crippen molar-refractivity contribution in [1.82, 2.24) is 14.9 Å². The summed E-state index contributed by atoms with van der Waals surface area (Å²) in [5, 5.41) is 3.79. The first kappa shape index (κ1) is 14.4. The van der Waals surface area contributed by atoms with E-state index in [9.17, 15) is 0 Å². The lowest BCUT2D eigenvalue weighted by atomic mass is 10.0. The molecule has 0 saturated heterocycles. The Labute approximate surface area is 126 Å². The summed E-state index contributed by atoms with van der Waals surface area (Å²) < 4.78 is 7.72. The molecule has 3 unspecified atom stereocenters. The van der Waals surface area contributed by atoms with Crippen molar-refractivity contribution < 1.29 is 4.42 Å². The monoisotopic (exact) mass is 287 g/mol. The summed E-state index contributed by atoms with van der Waals surface area (Å²) in [6.45, 7) is 2.37. The summed E-state index contributed by atoms with van der Waals surface area (Å²) >= 11 is 0. The van der Waals surface area contributed by atoms with Gasteiger partial charge in [0.15, 0.2) is 0 Å². The first-order chi connectivity index (χ1) is 10.2. The fraction of sp³-hybridized carbons (Fsp3) is 0.588. The van der Waals surface area contributed by atoms with Crippen LogP contribution in [0, 0.1) is 5.92 Å². The number of hydrogen-bond donors (Lipinski definition) is 1. The number of aryl methyl sites for hydroxylation is 1. The van der Waals surface area contributed by atoms with E-state index in [1.807, 2.05) is 31.6 Å². The number of hydrogen-bond acceptors (Lipinski definition) is 3. The Bertz CT molecular complexity index is 546. The minimum absolute atomic E-state index is 0.0402. The molecule has 0 bridgehead atoms. The molecule has 0 amide bonds. The van der Waals surface area contributed by atoms with Crippen LogP contribution in [0.25, 0.3) is 0 Å². The van der Waals surface area contributed by atoms with Crippen molar-refractivity contribution in [3.63, 3.8) is 0 Å². The minimum Gasteiger partial charge on any atom is -0.467 e. The van der Waals surface area contributed by atoms with Gasteiger partial charge in [-0.1, -0.05) is 19.8 Å². The van der Waals surface area contributed by atoms with Crippen LogP contribution in [0.1, 0.15) is 56.7 Å². The number of imidazole rings is 1. The highest BCUT2D eigenvalue weighted by molar-refractivity contribution is 5.16. The lowest BCUT2D eigenvalue weighted by Gasteiger charge is -2.23. The van der Waals surface area contributed by atoms with E-state index in [4.69, 9.17) is 4.42 Å². The third-order valence-corrected chi connectivity index (χ3v) is 4.60. The molecule has 1 aliphatic carbocycles. The zero-order valence-corrected chi connectivity index (χ0v) is 13.0. The topological polar surface area (TPSA) is 43.0 Å². The van der Waals surface area contributed by atoms with Crippen LogP contribution >= 0.6 is 0 Å². The highest BCUT2D eigenvalue weighted by atomic mass is 16.3. The van der Waals surface area contributed by atoms with Crippen molar-refractivity contribution in [1.29, 1.82) is 0 Å². The maximum Gasteiger partial charge on any atom is 0.133 e. The van der Waals surface area contributed by atoms with Crippen molar-refractivity contribution in [3.05, 3.63) is 42.4 Å². The molecule has 21 heavy (non-hydrogen) atoms. The number of aromatic nitrogens is 2. The summed E-state index contributed by atoms with van der Waals surface area (Å²) in [5.74, 6) is 2.82. The molecule has 0 spiro atoms. The third-order valence-electron chi connectivity index (χ3n) is 4.60. The molecule has 2 aromatic rings. The summed E-state index contributed by atoms with van der Waals surface area (Å²) in [6, 6.07) is 4.56. The van der Waals surface area contributed by atoms with Crippen molar-refractivity contribution in [2.75, 3.05) is 0 Å². The van der Waals surface area contributed by atoms with Crippen LogP contribution < -0.4 is 5.32 Å². The fourth-order valence-electron chi connectivity index (χ4n) is 3.28. The quantitative estimate of drug-likeness (QED) is 0.873. The highest BCUT2D eigenvalue weighted by Crippen LogP contribution is 2.27. The van der Waals surface area contributed by atoms with Gasteiger partial charge in [-0.15, -0.1) is 0 Å². The average molecular weight is 287 g/mol. The molecular weight excluding hydrogens is 262 g/mol. The zero-order valence-electron chi connectivity index (χ0n) is 13.0. The van der Waals surface area contributed by atoms with Gasteiger partial charge in [0.05, 0.1) is 6.26 Å². The van der Waals surface area contributed by atoms with Crippen molar-refractivity contribution in [3.8, 4) is 0 Å². The molecule has 3 rings (SSSR count). The number of rotatable bonds is 4. The van der Waals surface area contributed by atoms with Gasteiger partial charge in [-0.05, 0) is 37.3 Å². The molecule has 4 nitrogen and oxygen atoms in total. The minimum atomic E-state index is 0.0402. The Balaban J connectivity index is 1.78. The molecule has 1 fully saturated rings. The number of nitrogens with zero attached hydrogens (tertiary/aromatic N) is 2. The van der Waals surface area contributed by atoms with Crippen LogP contribution in [0.15, 0.2) is 35.2 Å². The van der Waals surface area contributed by atoms with Crippen molar-refractivity contribution >= 4 is 0 Å². The van der Waals surface area contributed by atoms with Gasteiger partial charge in [-0.3, -0.25) is 5.32 Å². The zero-order chi connectivity index (χ0) is 14.7. The predicted octanol–water partition coefficient (Wildman–Crippen LogP) is 3.66. The first-order valence-electron chi connectivity index (χ1n) is 8.00. The lowest BCUT2D eigenvalue weighted by Crippen LogP contribution is -2.34. The Kier molecular flexibility index (Phi) is 4.44. The molecule has 1 N–H and O–H groups in total. The maximum absolute atomic E-state index is 5.65. The van der Waals surface area contributed by atoms with Gasteiger partial charge in [-0.2, -0.15) is 0 Å². The molecule has 3 atom stereocenters. The maximum atomic E-state index is 5.65. The summed E-state index contributed by atoms with van der Waals surface area (Å²) in [5.41, 5.74) is 0. The number of nitrogens with one attached hydrogen (secondary N) is 1. The van der Waals surface area contributed by atoms with E-state index >= 15 is 0 Å². The normalized spacial score (nSPS) is 24.7. The van der Waals surface area contributed by atoms with E-state index in [-0.39, 0.29) is 6.04 Å². The van der Waals surface area contributed by atoms with E-state index in [0.29, 0.717) is 6.04 Å². The van der Waals surface area contributed by atoms with E-state index in [2.05, 4.69) is 21.8 Å². The average Bonchev–Trinajstić information content (AvgIpc) is 3.09. The Morgan fingerprint density at radius 3 is 2.95 bits per heavy atom. The number of furan rings is 1. The SMILES string of the molecule is CC1CCCC(NC(c2ccco2)c2nccn2C)CC1. The van der Waals surface area contributed by atoms with Gasteiger partial charge in [-0.25, -0.2) is 4.98 Å². The van der Waals surface area contributed by atoms with Gasteiger partial charge in [0.25, 0.3) is 0 Å². The largest absolute Gasteiger partial charge is 0.467 e. The predicted molar refractivity (Wildman–Crippen MR) is 82.9 cm³/mol. The molecule has 1 saturated carbocycles. The second-order valence-electron chi connectivity index (χ2n) is 6.32. The molecule has 0 aromatic carbocycles. The molecule has 2 aromatic heterocycles.